The van der Waals surface area contributed by atoms with Gasteiger partial charge in [-0.25, -0.2) is 17.9 Å². The van der Waals surface area contributed by atoms with E-state index >= 15 is 0 Å². The Bertz CT molecular complexity index is 564. The molecule has 21 heavy (non-hydrogen) atoms. The van der Waals surface area contributed by atoms with Crippen molar-refractivity contribution in [1.82, 2.24) is 4.72 Å². The van der Waals surface area contributed by atoms with E-state index in [9.17, 15) is 13.2 Å². The molecule has 0 saturated carbocycles. The van der Waals surface area contributed by atoms with Crippen molar-refractivity contribution < 1.29 is 22.7 Å². The normalized spacial score (nSPS) is 12.9. The Hall–Kier alpha value is -1.44. The van der Waals surface area contributed by atoms with Crippen LogP contribution in [0.5, 0.6) is 0 Å². The first kappa shape index (κ1) is 17.6. The molecule has 0 heterocycles. The standard InChI is InChI=1S/C14H21NO5S/c1-4-7-11(10-19-2)15-21(17,18)13-9-6-5-8-12(13)14(16)20-3/h5-6,8-9,11,15H,4,7,10H2,1-3H3. The van der Waals surface area contributed by atoms with Crippen LogP contribution in [-0.4, -0.2) is 41.3 Å². The Kier molecular flexibility index (Phi) is 6.80. The second kappa shape index (κ2) is 8.11. The zero-order valence-electron chi connectivity index (χ0n) is 12.5. The fraction of sp³-hybridized carbons (Fsp3) is 0.500. The number of sulfonamides is 1. The summed E-state index contributed by atoms with van der Waals surface area (Å²) in [7, 11) is -1.09. The van der Waals surface area contributed by atoms with Gasteiger partial charge in [-0.05, 0) is 18.6 Å². The zero-order valence-corrected chi connectivity index (χ0v) is 13.3. The van der Waals surface area contributed by atoms with Crippen LogP contribution in [0.15, 0.2) is 29.2 Å². The maximum absolute atomic E-state index is 12.5. The quantitative estimate of drug-likeness (QED) is 0.736. The highest BCUT2D eigenvalue weighted by atomic mass is 32.2. The Labute approximate surface area is 125 Å². The van der Waals surface area contributed by atoms with Gasteiger partial charge in [-0.1, -0.05) is 25.5 Å². The summed E-state index contributed by atoms with van der Waals surface area (Å²) < 4.78 is 37.1. The maximum atomic E-state index is 12.5. The molecule has 0 spiro atoms. The van der Waals surface area contributed by atoms with Crippen LogP contribution in [0.1, 0.15) is 30.1 Å². The average Bonchev–Trinajstić information content (AvgIpc) is 2.46. The lowest BCUT2D eigenvalue weighted by Gasteiger charge is -2.18. The van der Waals surface area contributed by atoms with Crippen LogP contribution in [0, 0.1) is 0 Å². The Morgan fingerprint density at radius 3 is 2.52 bits per heavy atom. The van der Waals surface area contributed by atoms with Crippen molar-refractivity contribution in [3.05, 3.63) is 29.8 Å². The Balaban J connectivity index is 3.10. The van der Waals surface area contributed by atoms with Gasteiger partial charge in [-0.2, -0.15) is 0 Å². The molecule has 1 rings (SSSR count). The molecule has 7 heteroatoms. The number of esters is 1. The van der Waals surface area contributed by atoms with Gasteiger partial charge in [0.2, 0.25) is 10.0 Å². The predicted molar refractivity (Wildman–Crippen MR) is 78.7 cm³/mol. The summed E-state index contributed by atoms with van der Waals surface area (Å²) in [5.41, 5.74) is 0.0140. The monoisotopic (exact) mass is 315 g/mol. The van der Waals surface area contributed by atoms with Crippen LogP contribution in [-0.2, 0) is 19.5 Å². The molecule has 0 aliphatic heterocycles. The molecule has 118 valence electrons. The lowest BCUT2D eigenvalue weighted by atomic mass is 10.2. The first-order valence-electron chi connectivity index (χ1n) is 6.64. The van der Waals surface area contributed by atoms with Crippen LogP contribution < -0.4 is 4.72 Å². The highest BCUT2D eigenvalue weighted by Crippen LogP contribution is 2.17. The van der Waals surface area contributed by atoms with Crippen molar-refractivity contribution >= 4 is 16.0 Å². The van der Waals surface area contributed by atoms with Gasteiger partial charge in [-0.3, -0.25) is 0 Å². The van der Waals surface area contributed by atoms with Gasteiger partial charge >= 0.3 is 5.97 Å². The topological polar surface area (TPSA) is 81.7 Å². The van der Waals surface area contributed by atoms with E-state index in [4.69, 9.17) is 4.74 Å². The fourth-order valence-electron chi connectivity index (χ4n) is 1.99. The number of nitrogens with one attached hydrogen (secondary N) is 1. The highest BCUT2D eigenvalue weighted by molar-refractivity contribution is 7.89. The lowest BCUT2D eigenvalue weighted by molar-refractivity contribution is 0.0596. The van der Waals surface area contributed by atoms with Crippen LogP contribution in [0.2, 0.25) is 0 Å². The smallest absolute Gasteiger partial charge is 0.339 e. The first-order valence-corrected chi connectivity index (χ1v) is 8.13. The molecule has 1 atom stereocenters. The number of hydrogen-bond acceptors (Lipinski definition) is 5. The minimum absolute atomic E-state index is 0.0140. The van der Waals surface area contributed by atoms with Gasteiger partial charge in [0.15, 0.2) is 0 Å². The third-order valence-corrected chi connectivity index (χ3v) is 4.49. The van der Waals surface area contributed by atoms with E-state index in [1.165, 1.54) is 26.4 Å². The molecule has 1 unspecified atom stereocenters. The molecule has 0 bridgehead atoms. The van der Waals surface area contributed by atoms with Gasteiger partial charge in [0.1, 0.15) is 0 Å². The fourth-order valence-corrected chi connectivity index (χ4v) is 3.44. The van der Waals surface area contributed by atoms with Crippen LogP contribution in [0.4, 0.5) is 0 Å². The van der Waals surface area contributed by atoms with Crippen LogP contribution in [0.3, 0.4) is 0 Å². The second-order valence-electron chi connectivity index (χ2n) is 4.55. The van der Waals surface area contributed by atoms with Crippen LogP contribution in [0.25, 0.3) is 0 Å². The molecular weight excluding hydrogens is 294 g/mol. The van der Waals surface area contributed by atoms with E-state index in [2.05, 4.69) is 9.46 Å². The summed E-state index contributed by atoms with van der Waals surface area (Å²) >= 11 is 0. The molecule has 1 N–H and O–H groups in total. The molecule has 1 aromatic rings. The van der Waals surface area contributed by atoms with E-state index in [0.29, 0.717) is 6.42 Å². The molecule has 0 saturated heterocycles. The summed E-state index contributed by atoms with van der Waals surface area (Å²) in [4.78, 5) is 11.6. The van der Waals surface area contributed by atoms with E-state index in [-0.39, 0.29) is 23.1 Å². The molecule has 0 aliphatic carbocycles. The summed E-state index contributed by atoms with van der Waals surface area (Å²) in [5, 5.41) is 0. The number of benzene rings is 1. The summed E-state index contributed by atoms with van der Waals surface area (Å²) in [6.45, 7) is 2.23. The SMILES string of the molecule is CCCC(COC)NS(=O)(=O)c1ccccc1C(=O)OC. The van der Waals surface area contributed by atoms with Crippen molar-refractivity contribution in [2.45, 2.75) is 30.7 Å². The van der Waals surface area contributed by atoms with Crippen molar-refractivity contribution in [3.8, 4) is 0 Å². The largest absolute Gasteiger partial charge is 0.465 e. The van der Waals surface area contributed by atoms with E-state index in [1.807, 2.05) is 6.92 Å². The van der Waals surface area contributed by atoms with E-state index < -0.39 is 16.0 Å². The summed E-state index contributed by atoms with van der Waals surface area (Å²) in [6, 6.07) is 5.61. The third-order valence-electron chi connectivity index (χ3n) is 2.91. The van der Waals surface area contributed by atoms with E-state index in [0.717, 1.165) is 6.42 Å². The number of hydrogen-bond donors (Lipinski definition) is 1. The average molecular weight is 315 g/mol. The van der Waals surface area contributed by atoms with Gasteiger partial charge < -0.3 is 9.47 Å². The molecule has 0 radical (unpaired) electrons. The van der Waals surface area contributed by atoms with Crippen molar-refractivity contribution in [3.63, 3.8) is 0 Å². The maximum Gasteiger partial charge on any atom is 0.339 e. The molecule has 0 aromatic heterocycles. The van der Waals surface area contributed by atoms with Crippen molar-refractivity contribution in [1.29, 1.82) is 0 Å². The van der Waals surface area contributed by atoms with Crippen molar-refractivity contribution in [2.75, 3.05) is 20.8 Å². The minimum atomic E-state index is -3.82. The molecule has 0 amide bonds. The highest BCUT2D eigenvalue weighted by Gasteiger charge is 2.25. The first-order chi connectivity index (χ1) is 9.96. The zero-order chi connectivity index (χ0) is 15.9. The second-order valence-corrected chi connectivity index (χ2v) is 6.23. The number of carbonyl (C=O) groups excluding carboxylic acids is 1. The molecule has 0 aliphatic rings. The predicted octanol–water partition coefficient (Wildman–Crippen LogP) is 1.57. The Morgan fingerprint density at radius 2 is 1.95 bits per heavy atom. The molecule has 1 aromatic carbocycles. The third kappa shape index (κ3) is 4.80. The number of rotatable bonds is 8. The number of carbonyl (C=O) groups is 1. The summed E-state index contributed by atoms with van der Waals surface area (Å²) in [5.74, 6) is -0.685. The minimum Gasteiger partial charge on any atom is -0.465 e. The van der Waals surface area contributed by atoms with Crippen molar-refractivity contribution in [2.24, 2.45) is 0 Å². The molecule has 0 fully saturated rings. The molecule has 6 nitrogen and oxygen atoms in total. The van der Waals surface area contributed by atoms with Gasteiger partial charge in [-0.15, -0.1) is 0 Å². The van der Waals surface area contributed by atoms with E-state index in [1.54, 1.807) is 12.1 Å². The molecular formula is C14H21NO5S. The number of methoxy groups -OCH3 is 2. The summed E-state index contributed by atoms with van der Waals surface area (Å²) in [6.07, 6.45) is 1.46. The Morgan fingerprint density at radius 1 is 1.29 bits per heavy atom. The lowest BCUT2D eigenvalue weighted by Crippen LogP contribution is -2.38. The van der Waals surface area contributed by atoms with Gasteiger partial charge in [0.25, 0.3) is 0 Å². The number of ether oxygens (including phenoxy) is 2. The van der Waals surface area contributed by atoms with Gasteiger partial charge in [0, 0.05) is 13.2 Å². The van der Waals surface area contributed by atoms with Crippen LogP contribution >= 0.6 is 0 Å². The van der Waals surface area contributed by atoms with Gasteiger partial charge in [0.05, 0.1) is 24.2 Å².